The lowest BCUT2D eigenvalue weighted by molar-refractivity contribution is 0.332. The first-order chi connectivity index (χ1) is 16.5. The molecule has 1 aliphatic rings. The number of rotatable bonds is 5. The van der Waals surface area contributed by atoms with Crippen LogP contribution in [0, 0.1) is 46.0 Å². The molecule has 5 rings (SSSR count). The minimum atomic E-state index is -1.40. The van der Waals surface area contributed by atoms with Gasteiger partial charge < -0.3 is 9.88 Å². The lowest BCUT2D eigenvalue weighted by atomic mass is 9.96. The first-order valence-electron chi connectivity index (χ1n) is 10.5. The summed E-state index contributed by atoms with van der Waals surface area (Å²) < 4.78 is 44.0. The molecule has 170 valence electrons. The Balaban J connectivity index is 1.44. The summed E-state index contributed by atoms with van der Waals surface area (Å²) >= 11 is 0. The number of aromatic nitrogens is 5. The second-order valence-electron chi connectivity index (χ2n) is 8.09. The van der Waals surface area contributed by atoms with Crippen LogP contribution in [-0.2, 0) is 0 Å². The van der Waals surface area contributed by atoms with Gasteiger partial charge in [0.05, 0.1) is 36.1 Å². The van der Waals surface area contributed by atoms with Crippen LogP contribution in [0.1, 0.15) is 24.4 Å². The van der Waals surface area contributed by atoms with Crippen molar-refractivity contribution in [2.45, 2.75) is 18.9 Å². The Bertz CT molecular complexity index is 1460. The van der Waals surface area contributed by atoms with Gasteiger partial charge in [-0.15, -0.1) is 0 Å². The van der Waals surface area contributed by atoms with Crippen molar-refractivity contribution in [3.63, 3.8) is 0 Å². The molecular weight excluding hydrogens is 445 g/mol. The molecule has 1 saturated heterocycles. The normalized spacial score (nSPS) is 16.5. The Morgan fingerprint density at radius 3 is 2.85 bits per heavy atom. The molecule has 4 aromatic rings. The molecule has 0 amide bonds. The lowest BCUT2D eigenvalue weighted by Crippen LogP contribution is -2.26. The highest BCUT2D eigenvalue weighted by Gasteiger charge is 2.34. The van der Waals surface area contributed by atoms with Crippen molar-refractivity contribution in [1.29, 1.82) is 10.5 Å². The number of fused-ring (bicyclic) bond motifs is 1. The number of benzene rings is 1. The fraction of sp³-hybridized carbons (Fsp3) is 0.261. The summed E-state index contributed by atoms with van der Waals surface area (Å²) in [7, 11) is 0. The van der Waals surface area contributed by atoms with Crippen LogP contribution in [0.4, 0.5) is 18.9 Å². The van der Waals surface area contributed by atoms with Crippen LogP contribution in [0.25, 0.3) is 22.3 Å². The highest BCUT2D eigenvalue weighted by molar-refractivity contribution is 5.89. The number of anilines is 1. The molecule has 3 aromatic heterocycles. The fourth-order valence-electron chi connectivity index (χ4n) is 4.62. The highest BCUT2D eigenvalue weighted by atomic mass is 19.2. The van der Waals surface area contributed by atoms with Gasteiger partial charge in [-0.25, -0.2) is 23.1 Å². The van der Waals surface area contributed by atoms with Crippen LogP contribution in [-0.4, -0.2) is 37.8 Å². The van der Waals surface area contributed by atoms with Crippen LogP contribution in [0.3, 0.4) is 0 Å². The van der Waals surface area contributed by atoms with E-state index in [9.17, 15) is 23.7 Å². The predicted octanol–water partition coefficient (Wildman–Crippen LogP) is 4.09. The standard InChI is InChI=1S/C23H17F3N8/c24-17-7-18(25)22(16(8-28)20(17)26)33-6-3-13(10-33)19(1-4-27)34-11-14(9-32-34)21-15-2-5-29-23(15)31-12-30-21/h2,5,7,9,11-13,19H,1,3,6,10H2,(H,29,30,31)/t13?,19-/m0/s1. The van der Waals surface area contributed by atoms with Gasteiger partial charge in [0.2, 0.25) is 0 Å². The molecule has 1 fully saturated rings. The summed E-state index contributed by atoms with van der Waals surface area (Å²) in [5, 5.41) is 24.0. The largest absolute Gasteiger partial charge is 0.368 e. The zero-order chi connectivity index (χ0) is 23.8. The highest BCUT2D eigenvalue weighted by Crippen LogP contribution is 2.37. The van der Waals surface area contributed by atoms with Gasteiger partial charge in [-0.05, 0) is 12.5 Å². The predicted molar refractivity (Wildman–Crippen MR) is 116 cm³/mol. The molecule has 0 bridgehead atoms. The van der Waals surface area contributed by atoms with Crippen molar-refractivity contribution in [3.8, 4) is 23.4 Å². The quantitative estimate of drug-likeness (QED) is 0.447. The number of aromatic amines is 1. The van der Waals surface area contributed by atoms with E-state index in [0.29, 0.717) is 30.4 Å². The van der Waals surface area contributed by atoms with E-state index in [0.717, 1.165) is 10.9 Å². The molecule has 11 heteroatoms. The number of H-pyrrole nitrogens is 1. The van der Waals surface area contributed by atoms with Gasteiger partial charge in [0.15, 0.2) is 17.5 Å². The molecular formula is C23H17F3N8. The number of nitriles is 2. The maximum atomic E-state index is 14.5. The monoisotopic (exact) mass is 462 g/mol. The van der Waals surface area contributed by atoms with Gasteiger partial charge in [0.1, 0.15) is 23.6 Å². The zero-order valence-electron chi connectivity index (χ0n) is 17.7. The van der Waals surface area contributed by atoms with E-state index in [2.05, 4.69) is 26.1 Å². The average Bonchev–Trinajstić information content (AvgIpc) is 3.60. The number of nitrogens with one attached hydrogen (secondary N) is 1. The Hall–Kier alpha value is -4.38. The zero-order valence-corrected chi connectivity index (χ0v) is 17.7. The number of nitrogens with zero attached hydrogens (tertiary/aromatic N) is 7. The SMILES string of the molecule is N#CC[C@@H](C1CCN(c2c(F)cc(F)c(F)c2C#N)C1)n1cc(-c2ncnc3[nH]ccc23)cn1. The van der Waals surface area contributed by atoms with Crippen molar-refractivity contribution >= 4 is 16.7 Å². The average molecular weight is 462 g/mol. The third kappa shape index (κ3) is 3.52. The van der Waals surface area contributed by atoms with Crippen molar-refractivity contribution in [2.75, 3.05) is 18.0 Å². The molecule has 0 spiro atoms. The van der Waals surface area contributed by atoms with E-state index in [1.54, 1.807) is 29.3 Å². The van der Waals surface area contributed by atoms with E-state index in [1.807, 2.05) is 6.07 Å². The van der Waals surface area contributed by atoms with Crippen LogP contribution in [0.15, 0.2) is 37.1 Å². The van der Waals surface area contributed by atoms with E-state index < -0.39 is 23.0 Å². The maximum absolute atomic E-state index is 14.5. The van der Waals surface area contributed by atoms with Crippen molar-refractivity contribution in [3.05, 3.63) is 60.1 Å². The van der Waals surface area contributed by atoms with Gasteiger partial charge in [0, 0.05) is 48.4 Å². The molecule has 34 heavy (non-hydrogen) atoms. The summed E-state index contributed by atoms with van der Waals surface area (Å²) in [5.41, 5.74) is 1.24. The topological polar surface area (TPSA) is 110 Å². The van der Waals surface area contributed by atoms with Crippen LogP contribution in [0.5, 0.6) is 0 Å². The molecule has 1 aromatic carbocycles. The first-order valence-corrected chi connectivity index (χ1v) is 10.5. The fourth-order valence-corrected chi connectivity index (χ4v) is 4.62. The van der Waals surface area contributed by atoms with E-state index in [4.69, 9.17) is 0 Å². The van der Waals surface area contributed by atoms with Crippen LogP contribution >= 0.6 is 0 Å². The molecule has 2 atom stereocenters. The second-order valence-corrected chi connectivity index (χ2v) is 8.09. The Labute approximate surface area is 191 Å². The summed E-state index contributed by atoms with van der Waals surface area (Å²) in [6.45, 7) is 0.584. The van der Waals surface area contributed by atoms with Gasteiger partial charge >= 0.3 is 0 Å². The van der Waals surface area contributed by atoms with Gasteiger partial charge in [-0.3, -0.25) is 4.68 Å². The Kier molecular flexibility index (Phi) is 5.38. The Morgan fingerprint density at radius 2 is 2.06 bits per heavy atom. The molecule has 1 aliphatic heterocycles. The van der Waals surface area contributed by atoms with Crippen molar-refractivity contribution < 1.29 is 13.2 Å². The molecule has 0 aliphatic carbocycles. The smallest absolute Gasteiger partial charge is 0.178 e. The number of halogens is 3. The van der Waals surface area contributed by atoms with E-state index in [-0.39, 0.29) is 30.6 Å². The molecule has 0 radical (unpaired) electrons. The third-order valence-corrected chi connectivity index (χ3v) is 6.21. The van der Waals surface area contributed by atoms with Crippen LogP contribution < -0.4 is 4.90 Å². The molecule has 1 unspecified atom stereocenters. The first kappa shape index (κ1) is 21.5. The summed E-state index contributed by atoms with van der Waals surface area (Å²) in [4.78, 5) is 13.1. The third-order valence-electron chi connectivity index (χ3n) is 6.21. The minimum Gasteiger partial charge on any atom is -0.368 e. The molecule has 4 heterocycles. The minimum absolute atomic E-state index is 0.135. The van der Waals surface area contributed by atoms with E-state index >= 15 is 0 Å². The van der Waals surface area contributed by atoms with Crippen molar-refractivity contribution in [1.82, 2.24) is 24.7 Å². The lowest BCUT2D eigenvalue weighted by Gasteiger charge is -2.24. The second kappa shape index (κ2) is 8.52. The Morgan fingerprint density at radius 1 is 1.21 bits per heavy atom. The summed E-state index contributed by atoms with van der Waals surface area (Å²) in [5.74, 6) is -3.90. The van der Waals surface area contributed by atoms with Gasteiger partial charge in [-0.2, -0.15) is 15.6 Å². The number of hydrogen-bond acceptors (Lipinski definition) is 6. The van der Waals surface area contributed by atoms with Crippen molar-refractivity contribution in [2.24, 2.45) is 5.92 Å². The number of hydrogen-bond donors (Lipinski definition) is 1. The summed E-state index contributed by atoms with van der Waals surface area (Å²) in [6, 6.07) is 5.73. The van der Waals surface area contributed by atoms with E-state index in [1.165, 1.54) is 11.2 Å². The van der Waals surface area contributed by atoms with Gasteiger partial charge in [0.25, 0.3) is 0 Å². The van der Waals surface area contributed by atoms with Crippen LogP contribution in [0.2, 0.25) is 0 Å². The molecule has 1 N–H and O–H groups in total. The molecule has 8 nitrogen and oxygen atoms in total. The van der Waals surface area contributed by atoms with Gasteiger partial charge in [-0.1, -0.05) is 0 Å². The molecule has 0 saturated carbocycles. The summed E-state index contributed by atoms with van der Waals surface area (Å²) in [6.07, 6.45) is 7.39. The maximum Gasteiger partial charge on any atom is 0.178 e.